The first-order valence-corrected chi connectivity index (χ1v) is 11.6. The minimum Gasteiger partial charge on any atom is -0.476 e. The third-order valence-electron chi connectivity index (χ3n) is 6.33. The molecule has 0 bridgehead atoms. The lowest BCUT2D eigenvalue weighted by molar-refractivity contribution is 0.0688. The molecular weight excluding hydrogens is 475 g/mol. The smallest absolute Gasteiger partial charge is 0.356 e. The molecule has 0 spiro atoms. The Hall–Kier alpha value is -3.27. The molecule has 0 saturated heterocycles. The summed E-state index contributed by atoms with van der Waals surface area (Å²) in [6.07, 6.45) is 1.62. The summed E-state index contributed by atoms with van der Waals surface area (Å²) < 4.78 is 15.6. The highest BCUT2D eigenvalue weighted by atomic mass is 35.5. The van der Waals surface area contributed by atoms with E-state index >= 15 is 0 Å². The molecule has 0 fully saturated rings. The SMILES string of the molecule is CN(CCc1c(C(=O)O)nn(-c2cccc(Cl)c2F)c1C=O)c1ccc2c(c1)CN(CCO)CC2. The number of carboxylic acids is 1. The molecule has 0 aliphatic carbocycles. The summed E-state index contributed by atoms with van der Waals surface area (Å²) in [5.74, 6) is -2.09. The molecule has 0 atom stereocenters. The van der Waals surface area contributed by atoms with Crippen molar-refractivity contribution in [3.8, 4) is 5.69 Å². The van der Waals surface area contributed by atoms with E-state index in [4.69, 9.17) is 11.6 Å². The van der Waals surface area contributed by atoms with Crippen LogP contribution in [0, 0.1) is 5.82 Å². The van der Waals surface area contributed by atoms with Crippen LogP contribution in [-0.2, 0) is 19.4 Å². The standard InChI is InChI=1S/C25H26ClFN4O4/c1-29(18-6-5-16-7-10-30(11-12-32)14-17(16)13-18)9-8-19-22(15-33)31(28-24(19)25(34)35)21-4-2-3-20(26)23(21)27/h2-6,13,15,32H,7-12,14H2,1H3,(H,34,35). The van der Waals surface area contributed by atoms with E-state index in [1.165, 1.54) is 29.3 Å². The lowest BCUT2D eigenvalue weighted by atomic mass is 9.98. The zero-order valence-electron chi connectivity index (χ0n) is 19.2. The van der Waals surface area contributed by atoms with Crippen LogP contribution in [0.3, 0.4) is 0 Å². The fraction of sp³-hybridized carbons (Fsp3) is 0.320. The van der Waals surface area contributed by atoms with Crippen molar-refractivity contribution in [1.29, 1.82) is 0 Å². The molecular formula is C25H26ClFN4O4. The molecule has 10 heteroatoms. The largest absolute Gasteiger partial charge is 0.476 e. The molecule has 1 aliphatic heterocycles. The number of β-amino-alcohol motifs (C(OH)–C–C–N with tert-alkyl or cyclic N) is 1. The second-order valence-corrected chi connectivity index (χ2v) is 8.90. The summed E-state index contributed by atoms with van der Waals surface area (Å²) in [5.41, 5.74) is 3.23. The first-order valence-electron chi connectivity index (χ1n) is 11.2. The van der Waals surface area contributed by atoms with Gasteiger partial charge in [-0.05, 0) is 48.2 Å². The number of aliphatic hydroxyl groups excluding tert-OH is 1. The number of aliphatic hydroxyl groups is 1. The monoisotopic (exact) mass is 500 g/mol. The Kier molecular flexibility index (Phi) is 7.49. The van der Waals surface area contributed by atoms with E-state index in [9.17, 15) is 24.2 Å². The summed E-state index contributed by atoms with van der Waals surface area (Å²) >= 11 is 5.87. The predicted molar refractivity (Wildman–Crippen MR) is 130 cm³/mol. The number of anilines is 1. The Bertz CT molecular complexity index is 1260. The molecule has 0 radical (unpaired) electrons. The van der Waals surface area contributed by atoms with Gasteiger partial charge in [0.1, 0.15) is 11.4 Å². The van der Waals surface area contributed by atoms with Crippen LogP contribution < -0.4 is 4.90 Å². The molecule has 184 valence electrons. The number of aromatic carboxylic acids is 1. The van der Waals surface area contributed by atoms with Crippen molar-refractivity contribution in [2.24, 2.45) is 0 Å². The van der Waals surface area contributed by atoms with E-state index in [1.807, 2.05) is 18.0 Å². The van der Waals surface area contributed by atoms with Crippen molar-refractivity contribution in [2.45, 2.75) is 19.4 Å². The van der Waals surface area contributed by atoms with Gasteiger partial charge in [-0.1, -0.05) is 23.7 Å². The van der Waals surface area contributed by atoms with Crippen LogP contribution >= 0.6 is 11.6 Å². The van der Waals surface area contributed by atoms with Crippen LogP contribution in [-0.4, -0.2) is 70.4 Å². The Morgan fingerprint density at radius 3 is 2.80 bits per heavy atom. The molecule has 1 aromatic heterocycles. The van der Waals surface area contributed by atoms with Gasteiger partial charge in [-0.3, -0.25) is 9.69 Å². The summed E-state index contributed by atoms with van der Waals surface area (Å²) in [4.78, 5) is 28.0. The number of nitrogens with zero attached hydrogens (tertiary/aromatic N) is 4. The molecule has 3 aromatic rings. The summed E-state index contributed by atoms with van der Waals surface area (Å²) in [5, 5.41) is 22.8. The van der Waals surface area contributed by atoms with Gasteiger partial charge < -0.3 is 15.1 Å². The van der Waals surface area contributed by atoms with E-state index in [-0.39, 0.29) is 40.7 Å². The number of fused-ring (bicyclic) bond motifs is 1. The van der Waals surface area contributed by atoms with Crippen molar-refractivity contribution in [3.05, 3.63) is 75.3 Å². The number of carbonyl (C=O) groups is 2. The van der Waals surface area contributed by atoms with Gasteiger partial charge in [0.25, 0.3) is 0 Å². The Labute approximate surface area is 207 Å². The number of carboxylic acid groups (broad SMARTS) is 1. The minimum atomic E-state index is -1.30. The van der Waals surface area contributed by atoms with Crippen LogP contribution in [0.2, 0.25) is 5.02 Å². The van der Waals surface area contributed by atoms with Crippen molar-refractivity contribution in [2.75, 3.05) is 38.2 Å². The van der Waals surface area contributed by atoms with Crippen molar-refractivity contribution in [3.63, 3.8) is 0 Å². The maximum absolute atomic E-state index is 14.6. The van der Waals surface area contributed by atoms with Crippen LogP contribution in [0.25, 0.3) is 5.69 Å². The summed E-state index contributed by atoms with van der Waals surface area (Å²) in [7, 11) is 1.89. The first kappa shape index (κ1) is 24.8. The van der Waals surface area contributed by atoms with Gasteiger partial charge in [-0.25, -0.2) is 13.9 Å². The number of aldehydes is 1. The number of halogens is 2. The number of likely N-dealkylation sites (N-methyl/N-ethyl adjacent to an activating group) is 1. The van der Waals surface area contributed by atoms with Crippen LogP contribution in [0.1, 0.15) is 37.7 Å². The molecule has 2 heterocycles. The number of rotatable bonds is 9. The molecule has 0 amide bonds. The minimum absolute atomic E-state index is 0.0259. The highest BCUT2D eigenvalue weighted by Crippen LogP contribution is 2.27. The average molecular weight is 501 g/mol. The summed E-state index contributed by atoms with van der Waals surface area (Å²) in [6.45, 7) is 2.82. The maximum Gasteiger partial charge on any atom is 0.356 e. The average Bonchev–Trinajstić information content (AvgIpc) is 3.22. The molecule has 0 unspecified atom stereocenters. The van der Waals surface area contributed by atoms with E-state index in [0.717, 1.165) is 29.9 Å². The van der Waals surface area contributed by atoms with Crippen molar-refractivity contribution < 1.29 is 24.2 Å². The fourth-order valence-electron chi connectivity index (χ4n) is 4.42. The first-order chi connectivity index (χ1) is 16.8. The fourth-order valence-corrected chi connectivity index (χ4v) is 4.59. The Balaban J connectivity index is 1.60. The lowest BCUT2D eigenvalue weighted by Gasteiger charge is -2.29. The van der Waals surface area contributed by atoms with E-state index in [0.29, 0.717) is 19.4 Å². The normalized spacial score (nSPS) is 13.5. The number of hydrogen-bond donors (Lipinski definition) is 2. The molecule has 1 aliphatic rings. The van der Waals surface area contributed by atoms with E-state index in [2.05, 4.69) is 22.1 Å². The molecule has 2 N–H and O–H groups in total. The van der Waals surface area contributed by atoms with E-state index < -0.39 is 11.8 Å². The van der Waals surface area contributed by atoms with Crippen LogP contribution in [0.5, 0.6) is 0 Å². The Morgan fingerprint density at radius 2 is 2.09 bits per heavy atom. The van der Waals surface area contributed by atoms with Gasteiger partial charge in [-0.15, -0.1) is 0 Å². The third-order valence-corrected chi connectivity index (χ3v) is 6.62. The highest BCUT2D eigenvalue weighted by Gasteiger charge is 2.25. The van der Waals surface area contributed by atoms with Crippen LogP contribution in [0.15, 0.2) is 36.4 Å². The summed E-state index contributed by atoms with van der Waals surface area (Å²) in [6, 6.07) is 10.5. The molecule has 4 rings (SSSR count). The van der Waals surface area contributed by atoms with Gasteiger partial charge >= 0.3 is 5.97 Å². The lowest BCUT2D eigenvalue weighted by Crippen LogP contribution is -2.33. The topological polar surface area (TPSA) is 98.9 Å². The van der Waals surface area contributed by atoms with Gasteiger partial charge in [0.15, 0.2) is 17.8 Å². The van der Waals surface area contributed by atoms with Crippen molar-refractivity contribution >= 4 is 29.5 Å². The van der Waals surface area contributed by atoms with Crippen LogP contribution in [0.4, 0.5) is 10.1 Å². The molecule has 0 saturated carbocycles. The number of aromatic nitrogens is 2. The number of benzene rings is 2. The van der Waals surface area contributed by atoms with Gasteiger partial charge in [0, 0.05) is 44.5 Å². The quantitative estimate of drug-likeness (QED) is 0.435. The third kappa shape index (κ3) is 5.07. The van der Waals surface area contributed by atoms with Gasteiger partial charge in [-0.2, -0.15) is 5.10 Å². The zero-order chi connectivity index (χ0) is 25.1. The van der Waals surface area contributed by atoms with Crippen molar-refractivity contribution in [1.82, 2.24) is 14.7 Å². The van der Waals surface area contributed by atoms with E-state index in [1.54, 1.807) is 0 Å². The second-order valence-electron chi connectivity index (χ2n) is 8.49. The van der Waals surface area contributed by atoms with Gasteiger partial charge in [0.2, 0.25) is 0 Å². The highest BCUT2D eigenvalue weighted by molar-refractivity contribution is 6.30. The maximum atomic E-state index is 14.6. The molecule has 35 heavy (non-hydrogen) atoms. The van der Waals surface area contributed by atoms with Gasteiger partial charge in [0.05, 0.1) is 11.6 Å². The zero-order valence-corrected chi connectivity index (χ0v) is 20.0. The predicted octanol–water partition coefficient (Wildman–Crippen LogP) is 3.20. The molecule has 2 aromatic carbocycles. The molecule has 8 nitrogen and oxygen atoms in total. The Morgan fingerprint density at radius 1 is 1.29 bits per heavy atom. The number of carbonyl (C=O) groups excluding carboxylic acids is 1. The number of hydrogen-bond acceptors (Lipinski definition) is 6. The second kappa shape index (κ2) is 10.6.